The van der Waals surface area contributed by atoms with Gasteiger partial charge in [0.1, 0.15) is 5.82 Å². The molecule has 2 aliphatic heterocycles. The second-order valence-electron chi connectivity index (χ2n) is 7.12. The van der Waals surface area contributed by atoms with Crippen LogP contribution in [0.4, 0.5) is 17.2 Å². The van der Waals surface area contributed by atoms with Crippen LogP contribution in [-0.2, 0) is 11.2 Å². The van der Waals surface area contributed by atoms with E-state index in [0.29, 0.717) is 5.11 Å². The zero-order valence-electron chi connectivity index (χ0n) is 16.1. The first-order valence-corrected chi connectivity index (χ1v) is 10.4. The van der Waals surface area contributed by atoms with E-state index in [1.807, 2.05) is 12.3 Å². The highest BCUT2D eigenvalue weighted by Gasteiger charge is 2.18. The van der Waals surface area contributed by atoms with Crippen LogP contribution in [-0.4, -0.2) is 60.9 Å². The van der Waals surface area contributed by atoms with Crippen molar-refractivity contribution in [2.45, 2.75) is 12.8 Å². The molecule has 3 heterocycles. The summed E-state index contributed by atoms with van der Waals surface area (Å²) in [6.07, 6.45) is 4.13. The van der Waals surface area contributed by atoms with Gasteiger partial charge in [-0.3, -0.25) is 4.90 Å². The molecule has 0 atom stereocenters. The topological polar surface area (TPSA) is 52.7 Å². The lowest BCUT2D eigenvalue weighted by Crippen LogP contribution is -2.42. The molecule has 1 aromatic heterocycles. The third kappa shape index (κ3) is 4.79. The average molecular weight is 398 g/mol. The Labute approximate surface area is 171 Å². The monoisotopic (exact) mass is 397 g/mol. The van der Waals surface area contributed by atoms with E-state index in [9.17, 15) is 0 Å². The molecule has 2 aliphatic rings. The standard InChI is InChI=1S/C21H27N5OS/c28-21(22-9-11-25-12-14-27-15-13-25)24-18-7-8-20(23-16-18)26-10-3-5-17-4-1-2-6-19(17)26/h1-2,4,6-8,16H,3,5,9-15H2,(H2,22,24,28). The maximum Gasteiger partial charge on any atom is 0.170 e. The van der Waals surface area contributed by atoms with Crippen molar-refractivity contribution in [3.05, 3.63) is 48.2 Å². The summed E-state index contributed by atoms with van der Waals surface area (Å²) in [5, 5.41) is 7.12. The molecule has 28 heavy (non-hydrogen) atoms. The minimum absolute atomic E-state index is 0.631. The highest BCUT2D eigenvalue weighted by Crippen LogP contribution is 2.32. The van der Waals surface area contributed by atoms with Crippen molar-refractivity contribution in [1.82, 2.24) is 15.2 Å². The number of nitrogens with one attached hydrogen (secondary N) is 2. The number of benzene rings is 1. The van der Waals surface area contributed by atoms with E-state index in [1.54, 1.807) is 0 Å². The summed E-state index contributed by atoms with van der Waals surface area (Å²) in [6, 6.07) is 12.7. The van der Waals surface area contributed by atoms with E-state index >= 15 is 0 Å². The molecule has 0 aliphatic carbocycles. The Bertz CT molecular complexity index is 792. The minimum Gasteiger partial charge on any atom is -0.379 e. The van der Waals surface area contributed by atoms with Crippen LogP contribution < -0.4 is 15.5 Å². The molecular weight excluding hydrogens is 370 g/mol. The first-order valence-electron chi connectivity index (χ1n) is 9.96. The third-order valence-electron chi connectivity index (χ3n) is 5.21. The first-order chi connectivity index (χ1) is 13.8. The molecule has 7 heteroatoms. The Morgan fingerprint density at radius 1 is 1.11 bits per heavy atom. The zero-order chi connectivity index (χ0) is 19.2. The van der Waals surface area contributed by atoms with Gasteiger partial charge in [0.05, 0.1) is 25.1 Å². The number of ether oxygens (including phenoxy) is 1. The lowest BCUT2D eigenvalue weighted by atomic mass is 10.0. The summed E-state index contributed by atoms with van der Waals surface area (Å²) >= 11 is 5.41. The molecular formula is C21H27N5OS. The largest absolute Gasteiger partial charge is 0.379 e. The molecule has 4 rings (SSSR count). The van der Waals surface area contributed by atoms with Crippen molar-refractivity contribution >= 4 is 34.5 Å². The Balaban J connectivity index is 1.29. The summed E-state index contributed by atoms with van der Waals surface area (Å²) < 4.78 is 5.37. The van der Waals surface area contributed by atoms with Gasteiger partial charge in [0, 0.05) is 38.4 Å². The highest BCUT2D eigenvalue weighted by atomic mass is 32.1. The van der Waals surface area contributed by atoms with Gasteiger partial charge in [-0.2, -0.15) is 0 Å². The molecule has 0 bridgehead atoms. The Morgan fingerprint density at radius 3 is 2.79 bits per heavy atom. The fraction of sp³-hybridized carbons (Fsp3) is 0.429. The van der Waals surface area contributed by atoms with Crippen LogP contribution in [0.5, 0.6) is 0 Å². The molecule has 148 valence electrons. The van der Waals surface area contributed by atoms with E-state index in [-0.39, 0.29) is 0 Å². The number of para-hydroxylation sites is 1. The second-order valence-corrected chi connectivity index (χ2v) is 7.53. The van der Waals surface area contributed by atoms with Gasteiger partial charge in [0.15, 0.2) is 5.11 Å². The van der Waals surface area contributed by atoms with E-state index in [4.69, 9.17) is 17.0 Å². The van der Waals surface area contributed by atoms with Gasteiger partial charge in [-0.1, -0.05) is 18.2 Å². The van der Waals surface area contributed by atoms with Crippen molar-refractivity contribution < 1.29 is 4.74 Å². The SMILES string of the molecule is S=C(NCCN1CCOCC1)Nc1ccc(N2CCCc3ccccc32)nc1. The van der Waals surface area contributed by atoms with Crippen LogP contribution in [0.2, 0.25) is 0 Å². The molecule has 2 aromatic rings. The van der Waals surface area contributed by atoms with Crippen molar-refractivity contribution in [1.29, 1.82) is 0 Å². The predicted molar refractivity (Wildman–Crippen MR) is 117 cm³/mol. The normalized spacial score (nSPS) is 17.1. The number of hydrogen-bond donors (Lipinski definition) is 2. The number of rotatable bonds is 5. The fourth-order valence-corrected chi connectivity index (χ4v) is 3.94. The smallest absolute Gasteiger partial charge is 0.170 e. The molecule has 1 aromatic carbocycles. The lowest BCUT2D eigenvalue weighted by Gasteiger charge is -2.30. The maximum absolute atomic E-state index is 5.41. The van der Waals surface area contributed by atoms with E-state index in [2.05, 4.69) is 55.7 Å². The van der Waals surface area contributed by atoms with E-state index in [1.165, 1.54) is 11.3 Å². The molecule has 0 spiro atoms. The van der Waals surface area contributed by atoms with Gasteiger partial charge in [-0.25, -0.2) is 4.98 Å². The van der Waals surface area contributed by atoms with Crippen LogP contribution in [0.15, 0.2) is 42.6 Å². The van der Waals surface area contributed by atoms with Gasteiger partial charge in [0.25, 0.3) is 0 Å². The average Bonchev–Trinajstić information content (AvgIpc) is 2.75. The number of aryl methyl sites for hydroxylation is 1. The summed E-state index contributed by atoms with van der Waals surface area (Å²) in [4.78, 5) is 9.34. The number of pyridine rings is 1. The Kier molecular flexibility index (Phi) is 6.36. The van der Waals surface area contributed by atoms with Gasteiger partial charge < -0.3 is 20.3 Å². The fourth-order valence-electron chi connectivity index (χ4n) is 3.72. The highest BCUT2D eigenvalue weighted by molar-refractivity contribution is 7.80. The molecule has 0 radical (unpaired) electrons. The molecule has 1 fully saturated rings. The van der Waals surface area contributed by atoms with Crippen LogP contribution in [0.3, 0.4) is 0 Å². The molecule has 2 N–H and O–H groups in total. The molecule has 0 saturated carbocycles. The van der Waals surface area contributed by atoms with E-state index < -0.39 is 0 Å². The van der Waals surface area contributed by atoms with E-state index in [0.717, 1.165) is 70.3 Å². The number of aromatic nitrogens is 1. The number of fused-ring (bicyclic) bond motifs is 1. The zero-order valence-corrected chi connectivity index (χ0v) is 16.9. The Hall–Kier alpha value is -2.22. The summed E-state index contributed by atoms with van der Waals surface area (Å²) in [5.74, 6) is 0.976. The summed E-state index contributed by atoms with van der Waals surface area (Å²) in [5.41, 5.74) is 3.56. The van der Waals surface area contributed by atoms with Gasteiger partial charge in [-0.15, -0.1) is 0 Å². The van der Waals surface area contributed by atoms with Crippen molar-refractivity contribution in [3.63, 3.8) is 0 Å². The summed E-state index contributed by atoms with van der Waals surface area (Å²) in [6.45, 7) is 6.42. The number of anilines is 3. The van der Waals surface area contributed by atoms with Gasteiger partial charge in [0.2, 0.25) is 0 Å². The Morgan fingerprint density at radius 2 is 1.96 bits per heavy atom. The van der Waals surface area contributed by atoms with Crippen molar-refractivity contribution in [2.75, 3.05) is 56.2 Å². The molecule has 0 amide bonds. The number of morpholine rings is 1. The number of thiocarbonyl (C=S) groups is 1. The first kappa shape index (κ1) is 19.1. The predicted octanol–water partition coefficient (Wildman–Crippen LogP) is 2.78. The molecule has 0 unspecified atom stereocenters. The molecule has 6 nitrogen and oxygen atoms in total. The lowest BCUT2D eigenvalue weighted by molar-refractivity contribution is 0.0389. The maximum atomic E-state index is 5.41. The quantitative estimate of drug-likeness (QED) is 0.753. The van der Waals surface area contributed by atoms with Crippen molar-refractivity contribution in [2.24, 2.45) is 0 Å². The third-order valence-corrected chi connectivity index (χ3v) is 5.46. The van der Waals surface area contributed by atoms with Crippen molar-refractivity contribution in [3.8, 4) is 0 Å². The van der Waals surface area contributed by atoms with Gasteiger partial charge in [-0.05, 0) is 48.8 Å². The van der Waals surface area contributed by atoms with Crippen LogP contribution in [0, 0.1) is 0 Å². The van der Waals surface area contributed by atoms with Crippen LogP contribution in [0.25, 0.3) is 0 Å². The minimum atomic E-state index is 0.631. The summed E-state index contributed by atoms with van der Waals surface area (Å²) in [7, 11) is 0. The second kappa shape index (κ2) is 9.32. The number of nitrogens with zero attached hydrogens (tertiary/aromatic N) is 3. The number of hydrogen-bond acceptors (Lipinski definition) is 5. The van der Waals surface area contributed by atoms with Gasteiger partial charge >= 0.3 is 0 Å². The van der Waals surface area contributed by atoms with Crippen LogP contribution in [0.1, 0.15) is 12.0 Å². The molecule has 1 saturated heterocycles. The van der Waals surface area contributed by atoms with Crippen LogP contribution >= 0.6 is 12.2 Å².